The molecule has 1 aliphatic rings. The number of carbonyl (C=O) groups is 1. The molecule has 1 aromatic heterocycles. The summed E-state index contributed by atoms with van der Waals surface area (Å²) in [5, 5.41) is 15.0. The van der Waals surface area contributed by atoms with E-state index >= 15 is 0 Å². The molecular formula is C30H38N4O4. The molecule has 38 heavy (non-hydrogen) atoms. The number of likely N-dealkylation sites (N-methyl/N-ethyl adjacent to an activating group) is 1. The fourth-order valence-electron chi connectivity index (χ4n) is 4.64. The Labute approximate surface area is 225 Å². The Morgan fingerprint density at radius 1 is 1.03 bits per heavy atom. The predicted octanol–water partition coefficient (Wildman–Crippen LogP) is 4.68. The number of benzene rings is 2. The van der Waals surface area contributed by atoms with E-state index in [-0.39, 0.29) is 30.8 Å². The zero-order chi connectivity index (χ0) is 26.9. The predicted molar refractivity (Wildman–Crippen MR) is 148 cm³/mol. The molecular weight excluding hydrogens is 480 g/mol. The normalized spacial score (nSPS) is 21.3. The molecule has 202 valence electrons. The van der Waals surface area contributed by atoms with E-state index in [0.29, 0.717) is 12.2 Å². The van der Waals surface area contributed by atoms with Crippen LogP contribution >= 0.6 is 0 Å². The highest BCUT2D eigenvalue weighted by Crippen LogP contribution is 2.42. The third-order valence-corrected chi connectivity index (χ3v) is 6.87. The van der Waals surface area contributed by atoms with E-state index in [1.54, 1.807) is 0 Å². The van der Waals surface area contributed by atoms with Crippen molar-refractivity contribution in [3.63, 3.8) is 0 Å². The largest absolute Gasteiger partial charge is 0.392 e. The Morgan fingerprint density at radius 2 is 1.76 bits per heavy atom. The maximum absolute atomic E-state index is 11.9. The van der Waals surface area contributed by atoms with Crippen LogP contribution in [0.1, 0.15) is 48.6 Å². The van der Waals surface area contributed by atoms with Gasteiger partial charge in [0.15, 0.2) is 6.29 Å². The van der Waals surface area contributed by atoms with Gasteiger partial charge in [-0.25, -0.2) is 4.79 Å². The molecule has 8 heteroatoms. The average molecular weight is 519 g/mol. The van der Waals surface area contributed by atoms with Crippen LogP contribution in [0.25, 0.3) is 0 Å². The number of hydrogen-bond acceptors (Lipinski definition) is 6. The Hall–Kier alpha value is -3.30. The number of nitrogens with zero attached hydrogens (tertiary/aromatic N) is 2. The molecule has 3 N–H and O–H groups in total. The number of carbonyl (C=O) groups excluding carboxylic acids is 1. The molecule has 0 spiro atoms. The first-order valence-electron chi connectivity index (χ1n) is 13.2. The summed E-state index contributed by atoms with van der Waals surface area (Å²) in [6.45, 7) is 6.22. The van der Waals surface area contributed by atoms with Crippen LogP contribution in [0.2, 0.25) is 0 Å². The molecule has 4 atom stereocenters. The van der Waals surface area contributed by atoms with Crippen molar-refractivity contribution in [2.45, 2.75) is 45.4 Å². The summed E-state index contributed by atoms with van der Waals surface area (Å²) < 4.78 is 13.1. The molecule has 0 aliphatic carbocycles. The summed E-state index contributed by atoms with van der Waals surface area (Å²) in [7, 11) is 2.11. The molecule has 0 bridgehead atoms. The van der Waals surface area contributed by atoms with Crippen molar-refractivity contribution in [3.05, 3.63) is 95.3 Å². The highest BCUT2D eigenvalue weighted by Gasteiger charge is 2.38. The Morgan fingerprint density at radius 3 is 2.42 bits per heavy atom. The zero-order valence-corrected chi connectivity index (χ0v) is 22.3. The van der Waals surface area contributed by atoms with E-state index in [2.05, 4.69) is 34.5 Å². The van der Waals surface area contributed by atoms with Crippen LogP contribution in [0, 0.1) is 5.92 Å². The fourth-order valence-corrected chi connectivity index (χ4v) is 4.64. The molecule has 0 radical (unpaired) electrons. The first-order chi connectivity index (χ1) is 18.5. The van der Waals surface area contributed by atoms with E-state index in [4.69, 9.17) is 9.47 Å². The van der Waals surface area contributed by atoms with Gasteiger partial charge in [0.05, 0.1) is 18.8 Å². The molecule has 0 unspecified atom stereocenters. The van der Waals surface area contributed by atoms with E-state index < -0.39 is 6.29 Å². The first-order valence-corrected chi connectivity index (χ1v) is 13.2. The fraction of sp³-hybridized carbons (Fsp3) is 0.400. The van der Waals surface area contributed by atoms with Gasteiger partial charge in [-0.05, 0) is 49.4 Å². The monoisotopic (exact) mass is 518 g/mol. The van der Waals surface area contributed by atoms with E-state index in [1.807, 2.05) is 79.9 Å². The summed E-state index contributed by atoms with van der Waals surface area (Å²) in [6, 6.07) is 21.2. The minimum Gasteiger partial charge on any atom is -0.392 e. The van der Waals surface area contributed by atoms with Crippen LogP contribution in [-0.2, 0) is 22.5 Å². The number of ether oxygens (including phenoxy) is 2. The third kappa shape index (κ3) is 7.39. The lowest BCUT2D eigenvalue weighted by molar-refractivity contribution is -0.275. The van der Waals surface area contributed by atoms with E-state index in [0.717, 1.165) is 41.9 Å². The molecule has 2 aromatic carbocycles. The first kappa shape index (κ1) is 27.7. The van der Waals surface area contributed by atoms with Gasteiger partial charge < -0.3 is 30.1 Å². The number of hydrogen-bond donors (Lipinski definition) is 3. The quantitative estimate of drug-likeness (QED) is 0.361. The van der Waals surface area contributed by atoms with Gasteiger partial charge >= 0.3 is 6.03 Å². The van der Waals surface area contributed by atoms with E-state index in [1.165, 1.54) is 0 Å². The van der Waals surface area contributed by atoms with Crippen molar-refractivity contribution in [1.29, 1.82) is 0 Å². The number of nitrogens with one attached hydrogen (secondary N) is 2. The Balaban J connectivity index is 1.50. The van der Waals surface area contributed by atoms with Gasteiger partial charge in [-0.3, -0.25) is 4.98 Å². The van der Waals surface area contributed by atoms with Crippen LogP contribution in [0.4, 0.5) is 10.5 Å². The molecule has 2 heterocycles. The van der Waals surface area contributed by atoms with Crippen LogP contribution in [-0.4, -0.2) is 53.8 Å². The summed E-state index contributed by atoms with van der Waals surface area (Å²) in [5.74, 6) is 0.0993. The maximum atomic E-state index is 11.9. The van der Waals surface area contributed by atoms with Gasteiger partial charge in [-0.1, -0.05) is 49.4 Å². The Bertz CT molecular complexity index is 1140. The van der Waals surface area contributed by atoms with Crippen LogP contribution in [0.15, 0.2) is 72.9 Å². The molecule has 1 aliphatic heterocycles. The minimum absolute atomic E-state index is 0.00739. The zero-order valence-electron chi connectivity index (χ0n) is 22.3. The number of urea groups is 1. The minimum atomic E-state index is -0.554. The maximum Gasteiger partial charge on any atom is 0.319 e. The average Bonchev–Trinajstić information content (AvgIpc) is 2.94. The topological polar surface area (TPSA) is 96.0 Å². The highest BCUT2D eigenvalue weighted by atomic mass is 16.7. The molecule has 1 fully saturated rings. The van der Waals surface area contributed by atoms with Gasteiger partial charge in [-0.15, -0.1) is 0 Å². The van der Waals surface area contributed by atoms with Crippen molar-refractivity contribution < 1.29 is 19.4 Å². The van der Waals surface area contributed by atoms with E-state index in [9.17, 15) is 9.90 Å². The lowest BCUT2D eigenvalue weighted by Crippen LogP contribution is -2.43. The second-order valence-corrected chi connectivity index (χ2v) is 9.76. The van der Waals surface area contributed by atoms with Gasteiger partial charge in [0.25, 0.3) is 0 Å². The lowest BCUT2D eigenvalue weighted by Gasteiger charge is -2.42. The Kier molecular flexibility index (Phi) is 9.84. The number of amides is 2. The van der Waals surface area contributed by atoms with Crippen molar-refractivity contribution in [1.82, 2.24) is 15.2 Å². The van der Waals surface area contributed by atoms with Gasteiger partial charge in [0, 0.05) is 55.1 Å². The van der Waals surface area contributed by atoms with Crippen LogP contribution in [0.3, 0.4) is 0 Å². The van der Waals surface area contributed by atoms with Crippen LogP contribution in [0.5, 0.6) is 0 Å². The van der Waals surface area contributed by atoms with Gasteiger partial charge in [0.1, 0.15) is 0 Å². The molecule has 2 amide bonds. The summed E-state index contributed by atoms with van der Waals surface area (Å²) in [6.07, 6.45) is 1.89. The second kappa shape index (κ2) is 13.5. The number of aliphatic hydroxyl groups is 1. The second-order valence-electron chi connectivity index (χ2n) is 9.76. The SMILES string of the molecule is CCNC(=O)Nc1ccc([C@@H]2O[C@H](CN(C)CCc3ccccn3)[C@H](C)[C@H](c3ccc(CO)cc3)O2)cc1. The number of anilines is 1. The summed E-state index contributed by atoms with van der Waals surface area (Å²) in [5.41, 5.74) is 4.58. The molecule has 4 rings (SSSR count). The highest BCUT2D eigenvalue weighted by molar-refractivity contribution is 5.89. The number of aliphatic hydroxyl groups excluding tert-OH is 1. The molecule has 8 nitrogen and oxygen atoms in total. The molecule has 1 saturated heterocycles. The standard InChI is InChI=1S/C30H38N4O4/c1-4-31-30(36)33-26-14-12-24(13-15-26)29-37-27(19-34(3)18-16-25-7-5-6-17-32-25)21(2)28(38-29)23-10-8-22(20-35)9-11-23/h5-15,17,21,27-29,35H,4,16,18-20H2,1-3H3,(H2,31,33,36)/t21-,27+,28+,29+/m0/s1. The third-order valence-electron chi connectivity index (χ3n) is 6.87. The van der Waals surface area contributed by atoms with Crippen molar-refractivity contribution in [2.24, 2.45) is 5.92 Å². The van der Waals surface area contributed by atoms with Gasteiger partial charge in [-0.2, -0.15) is 0 Å². The van der Waals surface area contributed by atoms with Gasteiger partial charge in [0.2, 0.25) is 0 Å². The van der Waals surface area contributed by atoms with Crippen molar-refractivity contribution in [3.8, 4) is 0 Å². The van der Waals surface area contributed by atoms with Crippen LogP contribution < -0.4 is 10.6 Å². The van der Waals surface area contributed by atoms with Crippen molar-refractivity contribution in [2.75, 3.05) is 32.0 Å². The van der Waals surface area contributed by atoms with Crippen molar-refractivity contribution >= 4 is 11.7 Å². The molecule has 3 aromatic rings. The number of pyridine rings is 1. The lowest BCUT2D eigenvalue weighted by atomic mass is 9.90. The molecule has 0 saturated carbocycles. The smallest absolute Gasteiger partial charge is 0.319 e. The summed E-state index contributed by atoms with van der Waals surface area (Å²) >= 11 is 0. The number of rotatable bonds is 10. The summed E-state index contributed by atoms with van der Waals surface area (Å²) in [4.78, 5) is 18.6. The number of aromatic nitrogens is 1.